The van der Waals surface area contributed by atoms with Crippen molar-refractivity contribution in [2.75, 3.05) is 39.3 Å². The summed E-state index contributed by atoms with van der Waals surface area (Å²) in [5, 5.41) is 6.05. The van der Waals surface area contributed by atoms with Crippen LogP contribution >= 0.6 is 0 Å². The highest BCUT2D eigenvalue weighted by atomic mass is 32.2. The molecule has 0 aromatic heterocycles. The van der Waals surface area contributed by atoms with Crippen molar-refractivity contribution in [2.24, 2.45) is 5.92 Å². The van der Waals surface area contributed by atoms with Gasteiger partial charge >= 0.3 is 6.09 Å². The second-order valence-electron chi connectivity index (χ2n) is 11.9. The Balaban J connectivity index is 1.34. The average Bonchev–Trinajstić information content (AvgIpc) is 2.92. The number of benzene rings is 1. The number of piperidine rings is 1. The van der Waals surface area contributed by atoms with Crippen molar-refractivity contribution in [1.29, 1.82) is 0 Å². The Morgan fingerprint density at radius 1 is 1.00 bits per heavy atom. The second kappa shape index (κ2) is 12.9. The van der Waals surface area contributed by atoms with Gasteiger partial charge in [0, 0.05) is 38.8 Å². The van der Waals surface area contributed by atoms with Crippen LogP contribution in [0.1, 0.15) is 65.7 Å². The summed E-state index contributed by atoms with van der Waals surface area (Å²) >= 11 is 0. The molecule has 3 fully saturated rings. The van der Waals surface area contributed by atoms with Gasteiger partial charge in [0.25, 0.3) is 0 Å². The average molecular weight is 565 g/mol. The van der Waals surface area contributed by atoms with Gasteiger partial charge < -0.3 is 25.0 Å². The molecule has 0 bridgehead atoms. The highest BCUT2D eigenvalue weighted by molar-refractivity contribution is 7.89. The van der Waals surface area contributed by atoms with Gasteiger partial charge in [-0.2, -0.15) is 4.31 Å². The summed E-state index contributed by atoms with van der Waals surface area (Å²) in [4.78, 5) is 27.5. The van der Waals surface area contributed by atoms with Crippen molar-refractivity contribution >= 4 is 22.0 Å². The Kier molecular flexibility index (Phi) is 9.77. The number of carbonyl (C=O) groups is 2. The lowest BCUT2D eigenvalue weighted by atomic mass is 9.90. The van der Waals surface area contributed by atoms with Crippen LogP contribution in [0.4, 0.5) is 4.79 Å². The van der Waals surface area contributed by atoms with Crippen molar-refractivity contribution in [1.82, 2.24) is 19.8 Å². The molecule has 1 aromatic carbocycles. The maximum absolute atomic E-state index is 13.6. The molecule has 39 heavy (non-hydrogen) atoms. The van der Waals surface area contributed by atoms with Crippen LogP contribution in [0.15, 0.2) is 29.2 Å². The fourth-order valence-electron chi connectivity index (χ4n) is 5.52. The Hall–Kier alpha value is -2.37. The molecule has 1 atom stereocenters. The predicted molar refractivity (Wildman–Crippen MR) is 148 cm³/mol. The van der Waals surface area contributed by atoms with Crippen LogP contribution in [0.5, 0.6) is 5.75 Å². The summed E-state index contributed by atoms with van der Waals surface area (Å²) in [7, 11) is -3.87. The van der Waals surface area contributed by atoms with E-state index in [0.29, 0.717) is 50.8 Å². The number of alkyl carbamates (subject to hydrolysis) is 1. The van der Waals surface area contributed by atoms with Gasteiger partial charge in [-0.05, 0) is 76.6 Å². The van der Waals surface area contributed by atoms with Crippen molar-refractivity contribution in [3.8, 4) is 5.75 Å². The summed E-state index contributed by atoms with van der Waals surface area (Å²) in [5.41, 5.74) is -0.577. The van der Waals surface area contributed by atoms with Crippen LogP contribution in [0.3, 0.4) is 0 Å². The first-order valence-electron chi connectivity index (χ1n) is 14.3. The van der Waals surface area contributed by atoms with Gasteiger partial charge in [-0.1, -0.05) is 19.3 Å². The van der Waals surface area contributed by atoms with Crippen molar-refractivity contribution in [3.63, 3.8) is 0 Å². The number of rotatable bonds is 7. The molecule has 0 spiro atoms. The minimum Gasteiger partial charge on any atom is -0.493 e. The van der Waals surface area contributed by atoms with E-state index >= 15 is 0 Å². The Labute approximate surface area is 232 Å². The molecule has 2 amide bonds. The Bertz CT molecular complexity index is 1070. The van der Waals surface area contributed by atoms with Gasteiger partial charge in [0.05, 0.1) is 11.5 Å². The smallest absolute Gasteiger partial charge is 0.407 e. The first-order chi connectivity index (χ1) is 18.5. The van der Waals surface area contributed by atoms with Gasteiger partial charge in [-0.25, -0.2) is 13.2 Å². The van der Waals surface area contributed by atoms with E-state index in [4.69, 9.17) is 9.47 Å². The number of nitrogens with one attached hydrogen (secondary N) is 2. The number of nitrogens with zero attached hydrogens (tertiary/aromatic N) is 2. The van der Waals surface area contributed by atoms with E-state index in [1.54, 1.807) is 29.2 Å². The quantitative estimate of drug-likeness (QED) is 0.523. The molecule has 10 nitrogen and oxygen atoms in total. The fourth-order valence-corrected chi connectivity index (χ4v) is 7.11. The van der Waals surface area contributed by atoms with Crippen LogP contribution in [-0.4, -0.2) is 86.6 Å². The molecule has 2 saturated heterocycles. The number of ether oxygens (including phenoxy) is 2. The third-order valence-corrected chi connectivity index (χ3v) is 9.57. The molecule has 0 radical (unpaired) electrons. The molecule has 2 N–H and O–H groups in total. The van der Waals surface area contributed by atoms with Gasteiger partial charge in [-0.15, -0.1) is 0 Å². The molecule has 0 unspecified atom stereocenters. The summed E-state index contributed by atoms with van der Waals surface area (Å²) in [5.74, 6) is 1.01. The number of piperazine rings is 1. The maximum atomic E-state index is 13.6. The van der Waals surface area contributed by atoms with Gasteiger partial charge in [0.15, 0.2) is 0 Å². The van der Waals surface area contributed by atoms with Crippen molar-refractivity contribution in [3.05, 3.63) is 24.3 Å². The molecule has 1 aromatic rings. The third kappa shape index (κ3) is 8.08. The summed E-state index contributed by atoms with van der Waals surface area (Å²) in [6.07, 6.45) is 6.85. The Morgan fingerprint density at radius 2 is 1.67 bits per heavy atom. The highest BCUT2D eigenvalue weighted by Gasteiger charge is 2.40. The lowest BCUT2D eigenvalue weighted by molar-refractivity contribution is -0.136. The molecule has 3 aliphatic rings. The summed E-state index contributed by atoms with van der Waals surface area (Å²) in [6.45, 7) is 7.93. The third-order valence-electron chi connectivity index (χ3n) is 7.65. The molecule has 1 aliphatic carbocycles. The first kappa shape index (κ1) is 29.6. The molecule has 4 rings (SSSR count). The molecular formula is C28H44N4O6S. The largest absolute Gasteiger partial charge is 0.493 e. The molecule has 2 heterocycles. The van der Waals surface area contributed by atoms with E-state index in [2.05, 4.69) is 10.6 Å². The van der Waals surface area contributed by atoms with Crippen molar-refractivity contribution < 1.29 is 27.5 Å². The van der Waals surface area contributed by atoms with E-state index < -0.39 is 27.8 Å². The van der Waals surface area contributed by atoms with E-state index in [1.165, 1.54) is 36.4 Å². The number of hydrogen-bond acceptors (Lipinski definition) is 7. The SMILES string of the molecule is CC(C)(C)OC(=O)NC1CCN(C(=O)[C@@H]2CNCCN2S(=O)(=O)c2ccc(OCC3CCCCC3)cc2)CC1. The zero-order chi connectivity index (χ0) is 28.0. The maximum Gasteiger partial charge on any atom is 0.407 e. The summed E-state index contributed by atoms with van der Waals surface area (Å²) in [6, 6.07) is 5.65. The normalized spacial score (nSPS) is 22.3. The van der Waals surface area contributed by atoms with Gasteiger partial charge in [0.2, 0.25) is 15.9 Å². The number of likely N-dealkylation sites (tertiary alicyclic amines) is 1. The van der Waals surface area contributed by atoms with Crippen LogP contribution in [0.2, 0.25) is 0 Å². The number of amides is 2. The van der Waals surface area contributed by atoms with Crippen LogP contribution in [-0.2, 0) is 19.6 Å². The van der Waals surface area contributed by atoms with Gasteiger partial charge in [-0.3, -0.25) is 4.79 Å². The van der Waals surface area contributed by atoms with E-state index in [1.807, 2.05) is 20.8 Å². The predicted octanol–water partition coefficient (Wildman–Crippen LogP) is 3.12. The number of sulfonamides is 1. The van der Waals surface area contributed by atoms with Crippen LogP contribution in [0, 0.1) is 5.92 Å². The zero-order valence-electron chi connectivity index (χ0n) is 23.5. The van der Waals surface area contributed by atoms with E-state index in [0.717, 1.165) is 0 Å². The number of hydrogen-bond donors (Lipinski definition) is 2. The molecule has 1 saturated carbocycles. The van der Waals surface area contributed by atoms with Crippen LogP contribution < -0.4 is 15.4 Å². The lowest BCUT2D eigenvalue weighted by Crippen LogP contribution is -2.61. The molecule has 218 valence electrons. The van der Waals surface area contributed by atoms with Gasteiger partial charge in [0.1, 0.15) is 17.4 Å². The topological polar surface area (TPSA) is 117 Å². The fraction of sp³-hybridized carbons (Fsp3) is 0.714. The molecule has 11 heteroatoms. The minimum atomic E-state index is -3.87. The van der Waals surface area contributed by atoms with E-state index in [9.17, 15) is 18.0 Å². The lowest BCUT2D eigenvalue weighted by Gasteiger charge is -2.39. The van der Waals surface area contributed by atoms with Crippen molar-refractivity contribution in [2.45, 2.75) is 88.3 Å². The first-order valence-corrected chi connectivity index (χ1v) is 15.7. The van der Waals surface area contributed by atoms with Crippen LogP contribution in [0.25, 0.3) is 0 Å². The second-order valence-corrected chi connectivity index (χ2v) is 13.8. The zero-order valence-corrected chi connectivity index (χ0v) is 24.3. The number of carbonyl (C=O) groups excluding carboxylic acids is 2. The standard InChI is InChI=1S/C28H44N4O6S/c1-28(2,3)38-27(34)30-22-13-16-31(17-14-22)26(33)25-19-29-15-18-32(25)39(35,36)24-11-9-23(10-12-24)37-20-21-7-5-4-6-8-21/h9-12,21-22,25,29H,4-8,13-20H2,1-3H3,(H,30,34)/t25-/m0/s1. The Morgan fingerprint density at radius 3 is 2.31 bits per heavy atom. The monoisotopic (exact) mass is 564 g/mol. The van der Waals surface area contributed by atoms with E-state index in [-0.39, 0.29) is 29.9 Å². The summed E-state index contributed by atoms with van der Waals surface area (Å²) < 4.78 is 39.8. The molecular weight excluding hydrogens is 520 g/mol. The minimum absolute atomic E-state index is 0.0907. The molecule has 2 aliphatic heterocycles. The highest BCUT2D eigenvalue weighted by Crippen LogP contribution is 2.27.